The summed E-state index contributed by atoms with van der Waals surface area (Å²) < 4.78 is 11.1. The molecule has 4 rings (SSSR count). The van der Waals surface area contributed by atoms with Gasteiger partial charge in [-0.2, -0.15) is 0 Å². The van der Waals surface area contributed by atoms with Crippen molar-refractivity contribution in [2.45, 2.75) is 44.5 Å². The highest BCUT2D eigenvalue weighted by Gasteiger charge is 2.67. The van der Waals surface area contributed by atoms with Gasteiger partial charge in [-0.1, -0.05) is 0 Å². The number of fused-ring (bicyclic) bond motifs is 7. The van der Waals surface area contributed by atoms with Gasteiger partial charge in [-0.3, -0.25) is 4.79 Å². The van der Waals surface area contributed by atoms with Gasteiger partial charge in [-0.15, -0.1) is 0 Å². The molecule has 3 aliphatic carbocycles. The van der Waals surface area contributed by atoms with Crippen LogP contribution in [0.15, 0.2) is 0 Å². The van der Waals surface area contributed by atoms with E-state index in [1.54, 1.807) is 0 Å². The SMILES string of the molecule is CC(=O)O[C@@H]1C[C@@H]2C[C@@H]1[C@@H]1[C@@H]2C[C@H]2O[C@H]12. The van der Waals surface area contributed by atoms with Gasteiger partial charge < -0.3 is 9.47 Å². The molecule has 3 saturated carbocycles. The monoisotopic (exact) mass is 208 g/mol. The molecule has 0 spiro atoms. The Kier molecular flexibility index (Phi) is 1.47. The van der Waals surface area contributed by atoms with Gasteiger partial charge in [0.1, 0.15) is 6.10 Å². The Hall–Kier alpha value is -0.570. The number of esters is 1. The van der Waals surface area contributed by atoms with Crippen molar-refractivity contribution < 1.29 is 14.3 Å². The van der Waals surface area contributed by atoms with Crippen molar-refractivity contribution in [2.75, 3.05) is 0 Å². The van der Waals surface area contributed by atoms with E-state index in [0.717, 1.165) is 24.2 Å². The number of carbonyl (C=O) groups excluding carboxylic acids is 1. The van der Waals surface area contributed by atoms with E-state index in [2.05, 4.69) is 0 Å². The first-order valence-electron chi connectivity index (χ1n) is 6.06. The van der Waals surface area contributed by atoms with Crippen LogP contribution in [0.4, 0.5) is 0 Å². The zero-order chi connectivity index (χ0) is 10.2. The molecule has 0 aromatic carbocycles. The Bertz CT molecular complexity index is 327. The molecule has 4 fully saturated rings. The van der Waals surface area contributed by atoms with Crippen LogP contribution in [0.1, 0.15) is 26.2 Å². The van der Waals surface area contributed by atoms with E-state index >= 15 is 0 Å². The molecular weight excluding hydrogens is 192 g/mol. The van der Waals surface area contributed by atoms with Gasteiger partial charge in [0.15, 0.2) is 0 Å². The molecular formula is C12H16O3. The lowest BCUT2D eigenvalue weighted by Crippen LogP contribution is -2.34. The number of hydrogen-bond acceptors (Lipinski definition) is 3. The van der Waals surface area contributed by atoms with Crippen LogP contribution >= 0.6 is 0 Å². The van der Waals surface area contributed by atoms with Gasteiger partial charge in [0.25, 0.3) is 0 Å². The fraction of sp³-hybridized carbons (Fsp3) is 0.917. The lowest BCUT2D eigenvalue weighted by molar-refractivity contribution is -0.150. The molecule has 1 saturated heterocycles. The van der Waals surface area contributed by atoms with Crippen LogP contribution < -0.4 is 0 Å². The van der Waals surface area contributed by atoms with Crippen LogP contribution in [0, 0.1) is 23.7 Å². The Morgan fingerprint density at radius 2 is 2.13 bits per heavy atom. The van der Waals surface area contributed by atoms with Crippen molar-refractivity contribution in [1.29, 1.82) is 0 Å². The van der Waals surface area contributed by atoms with Gasteiger partial charge >= 0.3 is 5.97 Å². The topological polar surface area (TPSA) is 38.8 Å². The predicted molar refractivity (Wildman–Crippen MR) is 52.0 cm³/mol. The molecule has 3 nitrogen and oxygen atoms in total. The first-order valence-corrected chi connectivity index (χ1v) is 6.06. The van der Waals surface area contributed by atoms with E-state index < -0.39 is 0 Å². The highest BCUT2D eigenvalue weighted by Crippen LogP contribution is 2.64. The van der Waals surface area contributed by atoms with Gasteiger partial charge in [0, 0.05) is 12.8 Å². The summed E-state index contributed by atoms with van der Waals surface area (Å²) in [4.78, 5) is 11.0. The third kappa shape index (κ3) is 1.02. The first kappa shape index (κ1) is 8.57. The minimum atomic E-state index is -0.115. The van der Waals surface area contributed by atoms with Crippen LogP contribution in [0.25, 0.3) is 0 Å². The predicted octanol–water partition coefficient (Wildman–Crippen LogP) is 1.36. The van der Waals surface area contributed by atoms with Crippen LogP contribution in [0.5, 0.6) is 0 Å². The number of epoxide rings is 1. The van der Waals surface area contributed by atoms with Crippen LogP contribution in [0.2, 0.25) is 0 Å². The van der Waals surface area contributed by atoms with E-state index in [-0.39, 0.29) is 12.1 Å². The van der Waals surface area contributed by atoms with Crippen molar-refractivity contribution in [3.8, 4) is 0 Å². The molecule has 4 aliphatic rings. The molecule has 0 aromatic heterocycles. The van der Waals surface area contributed by atoms with E-state index in [1.165, 1.54) is 19.8 Å². The standard InChI is InChI=1S/C12H16O3/c1-5(13)14-9-3-6-2-8(9)11-7(6)4-10-12(11)15-10/h6-12H,2-4H2,1H3/t6-,7+,8-,9+,10+,11-,12-/m0/s1. The molecule has 0 unspecified atom stereocenters. The molecule has 7 atom stereocenters. The van der Waals surface area contributed by atoms with Gasteiger partial charge in [-0.25, -0.2) is 0 Å². The number of ether oxygens (including phenoxy) is 2. The zero-order valence-corrected chi connectivity index (χ0v) is 8.89. The minimum Gasteiger partial charge on any atom is -0.462 e. The Labute approximate surface area is 89.1 Å². The van der Waals surface area contributed by atoms with Crippen molar-refractivity contribution in [3.63, 3.8) is 0 Å². The van der Waals surface area contributed by atoms with E-state index in [0.29, 0.717) is 18.1 Å². The molecule has 0 radical (unpaired) electrons. The summed E-state index contributed by atoms with van der Waals surface area (Å²) in [6.07, 6.45) is 4.98. The molecule has 82 valence electrons. The fourth-order valence-electron chi connectivity index (χ4n) is 4.60. The van der Waals surface area contributed by atoms with E-state index in [9.17, 15) is 4.79 Å². The van der Waals surface area contributed by atoms with E-state index in [1.807, 2.05) is 0 Å². The quantitative estimate of drug-likeness (QED) is 0.482. The Morgan fingerprint density at radius 1 is 1.27 bits per heavy atom. The number of rotatable bonds is 1. The average molecular weight is 208 g/mol. The van der Waals surface area contributed by atoms with E-state index in [4.69, 9.17) is 9.47 Å². The van der Waals surface area contributed by atoms with Gasteiger partial charge in [0.2, 0.25) is 0 Å². The van der Waals surface area contributed by atoms with Crippen molar-refractivity contribution in [1.82, 2.24) is 0 Å². The highest BCUT2D eigenvalue weighted by atomic mass is 16.6. The second-order valence-electron chi connectivity index (χ2n) is 5.66. The third-order valence-electron chi connectivity index (χ3n) is 5.00. The van der Waals surface area contributed by atoms with Gasteiger partial charge in [0.05, 0.1) is 12.2 Å². The average Bonchev–Trinajstić information content (AvgIpc) is 2.58. The molecule has 0 N–H and O–H groups in total. The Morgan fingerprint density at radius 3 is 2.93 bits per heavy atom. The molecule has 3 heteroatoms. The molecule has 0 amide bonds. The summed E-state index contributed by atoms with van der Waals surface area (Å²) in [5, 5.41) is 0. The van der Waals surface area contributed by atoms with Crippen LogP contribution in [-0.2, 0) is 14.3 Å². The van der Waals surface area contributed by atoms with Gasteiger partial charge in [-0.05, 0) is 37.0 Å². The van der Waals surface area contributed by atoms with Crippen LogP contribution in [0.3, 0.4) is 0 Å². The third-order valence-corrected chi connectivity index (χ3v) is 5.00. The lowest BCUT2D eigenvalue weighted by Gasteiger charge is -2.31. The maximum Gasteiger partial charge on any atom is 0.302 e. The van der Waals surface area contributed by atoms with Crippen molar-refractivity contribution in [2.24, 2.45) is 23.7 Å². The van der Waals surface area contributed by atoms with Crippen molar-refractivity contribution >= 4 is 5.97 Å². The van der Waals surface area contributed by atoms with Crippen molar-refractivity contribution in [3.05, 3.63) is 0 Å². The first-order chi connectivity index (χ1) is 7.24. The summed E-state index contributed by atoms with van der Waals surface area (Å²) in [6.45, 7) is 1.52. The summed E-state index contributed by atoms with van der Waals surface area (Å²) in [5.74, 6) is 2.93. The molecule has 2 bridgehead atoms. The maximum absolute atomic E-state index is 11.0. The molecule has 0 aromatic rings. The summed E-state index contributed by atoms with van der Waals surface area (Å²) >= 11 is 0. The molecule has 1 aliphatic heterocycles. The largest absolute Gasteiger partial charge is 0.462 e. The molecule has 1 heterocycles. The summed E-state index contributed by atoms with van der Waals surface area (Å²) in [7, 11) is 0. The highest BCUT2D eigenvalue weighted by molar-refractivity contribution is 5.66. The number of carbonyl (C=O) groups is 1. The number of hydrogen-bond donors (Lipinski definition) is 0. The summed E-state index contributed by atoms with van der Waals surface area (Å²) in [5.41, 5.74) is 0. The lowest BCUT2D eigenvalue weighted by atomic mass is 9.79. The maximum atomic E-state index is 11.0. The minimum absolute atomic E-state index is 0.115. The second-order valence-corrected chi connectivity index (χ2v) is 5.66. The summed E-state index contributed by atoms with van der Waals surface area (Å²) in [6, 6.07) is 0. The molecule has 15 heavy (non-hydrogen) atoms. The Balaban J connectivity index is 1.57. The fourth-order valence-corrected chi connectivity index (χ4v) is 4.60. The van der Waals surface area contributed by atoms with Crippen LogP contribution in [-0.4, -0.2) is 24.3 Å². The zero-order valence-electron chi connectivity index (χ0n) is 8.89. The second kappa shape index (κ2) is 2.57. The smallest absolute Gasteiger partial charge is 0.302 e. The normalized spacial score (nSPS) is 58.9.